The summed E-state index contributed by atoms with van der Waals surface area (Å²) < 4.78 is 0. The SMILES string of the molecule is NC(=O)CONC(=O)c1n[nH]c(C2CC2)n1. The molecule has 1 heterocycles. The molecule has 0 radical (unpaired) electrons. The van der Waals surface area contributed by atoms with E-state index < -0.39 is 11.8 Å². The molecule has 0 spiro atoms. The summed E-state index contributed by atoms with van der Waals surface area (Å²) in [6, 6.07) is 0. The van der Waals surface area contributed by atoms with Crippen LogP contribution in [0.1, 0.15) is 35.2 Å². The van der Waals surface area contributed by atoms with Gasteiger partial charge in [-0.15, -0.1) is 5.10 Å². The van der Waals surface area contributed by atoms with E-state index >= 15 is 0 Å². The lowest BCUT2D eigenvalue weighted by Gasteiger charge is -1.99. The fraction of sp³-hybridized carbons (Fsp3) is 0.500. The molecule has 8 heteroatoms. The number of carbonyl (C=O) groups excluding carboxylic acids is 2. The van der Waals surface area contributed by atoms with E-state index in [0.717, 1.165) is 12.8 Å². The van der Waals surface area contributed by atoms with E-state index in [0.29, 0.717) is 11.7 Å². The number of rotatable bonds is 5. The zero-order chi connectivity index (χ0) is 11.5. The molecule has 0 atom stereocenters. The summed E-state index contributed by atoms with van der Waals surface area (Å²) in [4.78, 5) is 30.2. The third kappa shape index (κ3) is 2.54. The highest BCUT2D eigenvalue weighted by Gasteiger charge is 2.28. The first-order chi connectivity index (χ1) is 7.66. The largest absolute Gasteiger partial charge is 0.368 e. The number of nitrogens with one attached hydrogen (secondary N) is 2. The number of hydrogen-bond donors (Lipinski definition) is 3. The minimum absolute atomic E-state index is 0.00799. The van der Waals surface area contributed by atoms with Crippen LogP contribution in [0.5, 0.6) is 0 Å². The van der Waals surface area contributed by atoms with Gasteiger partial charge in [0.25, 0.3) is 0 Å². The number of primary amides is 1. The second kappa shape index (κ2) is 4.27. The molecular weight excluding hydrogens is 214 g/mol. The standard InChI is InChI=1S/C8H11N5O3/c9-5(14)3-16-13-8(15)7-10-6(11-12-7)4-1-2-4/h4H,1-3H2,(H2,9,14)(H,13,15)(H,10,11,12). The number of H-pyrrole nitrogens is 1. The van der Waals surface area contributed by atoms with Crippen LogP contribution in [0, 0.1) is 0 Å². The molecule has 8 nitrogen and oxygen atoms in total. The topological polar surface area (TPSA) is 123 Å². The Balaban J connectivity index is 1.85. The van der Waals surface area contributed by atoms with E-state index in [-0.39, 0.29) is 12.4 Å². The molecule has 1 aromatic rings. The lowest BCUT2D eigenvalue weighted by molar-refractivity contribution is -0.124. The molecule has 1 fully saturated rings. The molecule has 2 rings (SSSR count). The number of hydroxylamine groups is 1. The second-order valence-corrected chi connectivity index (χ2v) is 3.50. The number of hydrogen-bond acceptors (Lipinski definition) is 5. The predicted molar refractivity (Wildman–Crippen MR) is 51.0 cm³/mol. The van der Waals surface area contributed by atoms with Crippen LogP contribution in [0.4, 0.5) is 0 Å². The van der Waals surface area contributed by atoms with Crippen LogP contribution in [0.15, 0.2) is 0 Å². The highest BCUT2D eigenvalue weighted by molar-refractivity contribution is 5.89. The number of aromatic amines is 1. The van der Waals surface area contributed by atoms with Gasteiger partial charge in [0.1, 0.15) is 5.82 Å². The maximum Gasteiger partial charge on any atom is 0.314 e. The van der Waals surface area contributed by atoms with Crippen molar-refractivity contribution in [3.8, 4) is 0 Å². The van der Waals surface area contributed by atoms with Crippen molar-refractivity contribution in [1.29, 1.82) is 0 Å². The van der Waals surface area contributed by atoms with E-state index in [9.17, 15) is 9.59 Å². The Kier molecular flexibility index (Phi) is 2.82. The van der Waals surface area contributed by atoms with Crippen LogP contribution in [-0.2, 0) is 9.63 Å². The lowest BCUT2D eigenvalue weighted by atomic mass is 10.4. The Bertz CT molecular complexity index is 412. The molecule has 86 valence electrons. The summed E-state index contributed by atoms with van der Waals surface area (Å²) in [7, 11) is 0. The molecular formula is C8H11N5O3. The first kappa shape index (κ1) is 10.6. The van der Waals surface area contributed by atoms with Gasteiger partial charge < -0.3 is 5.73 Å². The van der Waals surface area contributed by atoms with Gasteiger partial charge in [-0.05, 0) is 12.8 Å². The molecule has 1 aromatic heterocycles. The van der Waals surface area contributed by atoms with Crippen LogP contribution < -0.4 is 11.2 Å². The summed E-state index contributed by atoms with van der Waals surface area (Å²) in [5.41, 5.74) is 6.83. The Morgan fingerprint density at radius 3 is 2.94 bits per heavy atom. The zero-order valence-corrected chi connectivity index (χ0v) is 8.40. The normalized spacial score (nSPS) is 14.8. The van der Waals surface area contributed by atoms with Crippen LogP contribution >= 0.6 is 0 Å². The van der Waals surface area contributed by atoms with Crippen molar-refractivity contribution in [3.63, 3.8) is 0 Å². The summed E-state index contributed by atoms with van der Waals surface area (Å²) in [5, 5.41) is 6.41. The van der Waals surface area contributed by atoms with Crippen LogP contribution in [0.25, 0.3) is 0 Å². The van der Waals surface area contributed by atoms with Crippen LogP contribution in [0.2, 0.25) is 0 Å². The first-order valence-electron chi connectivity index (χ1n) is 4.79. The first-order valence-corrected chi connectivity index (χ1v) is 4.79. The van der Waals surface area contributed by atoms with Gasteiger partial charge in [0.15, 0.2) is 6.61 Å². The van der Waals surface area contributed by atoms with Gasteiger partial charge in [-0.25, -0.2) is 10.5 Å². The Hall–Kier alpha value is -1.96. The third-order valence-electron chi connectivity index (χ3n) is 2.05. The molecule has 0 bridgehead atoms. The van der Waals surface area contributed by atoms with Crippen molar-refractivity contribution < 1.29 is 14.4 Å². The predicted octanol–water partition coefficient (Wildman–Crippen LogP) is -1.17. The van der Waals surface area contributed by atoms with Crippen molar-refractivity contribution >= 4 is 11.8 Å². The Morgan fingerprint density at radius 2 is 2.31 bits per heavy atom. The summed E-state index contributed by atoms with van der Waals surface area (Å²) in [6.07, 6.45) is 2.13. The second-order valence-electron chi connectivity index (χ2n) is 3.50. The van der Waals surface area contributed by atoms with E-state index in [4.69, 9.17) is 5.73 Å². The van der Waals surface area contributed by atoms with E-state index in [1.54, 1.807) is 0 Å². The molecule has 0 saturated heterocycles. The highest BCUT2D eigenvalue weighted by Crippen LogP contribution is 2.37. The molecule has 2 amide bonds. The minimum Gasteiger partial charge on any atom is -0.368 e. The van der Waals surface area contributed by atoms with E-state index in [1.165, 1.54) is 0 Å². The van der Waals surface area contributed by atoms with Gasteiger partial charge in [0.05, 0.1) is 0 Å². The summed E-state index contributed by atoms with van der Waals surface area (Å²) in [5.74, 6) is -0.189. The number of carbonyl (C=O) groups is 2. The number of aromatic nitrogens is 3. The van der Waals surface area contributed by atoms with Gasteiger partial charge in [-0.2, -0.15) is 0 Å². The molecule has 1 aliphatic rings. The average Bonchev–Trinajstić information content (AvgIpc) is 2.96. The van der Waals surface area contributed by atoms with Gasteiger partial charge in [0, 0.05) is 5.92 Å². The molecule has 4 N–H and O–H groups in total. The lowest BCUT2D eigenvalue weighted by Crippen LogP contribution is -2.30. The minimum atomic E-state index is -0.672. The molecule has 1 aliphatic carbocycles. The molecule has 0 aromatic carbocycles. The summed E-state index contributed by atoms with van der Waals surface area (Å²) >= 11 is 0. The number of amides is 2. The average molecular weight is 225 g/mol. The smallest absolute Gasteiger partial charge is 0.314 e. The number of nitrogens with zero attached hydrogens (tertiary/aromatic N) is 2. The highest BCUT2D eigenvalue weighted by atomic mass is 16.7. The zero-order valence-electron chi connectivity index (χ0n) is 8.40. The van der Waals surface area contributed by atoms with Crippen molar-refractivity contribution in [1.82, 2.24) is 20.7 Å². The van der Waals surface area contributed by atoms with Crippen molar-refractivity contribution in [2.75, 3.05) is 6.61 Å². The van der Waals surface area contributed by atoms with Crippen molar-refractivity contribution in [2.45, 2.75) is 18.8 Å². The van der Waals surface area contributed by atoms with Crippen molar-refractivity contribution in [2.24, 2.45) is 5.73 Å². The van der Waals surface area contributed by atoms with Crippen molar-refractivity contribution in [3.05, 3.63) is 11.6 Å². The maximum atomic E-state index is 11.3. The summed E-state index contributed by atoms with van der Waals surface area (Å²) in [6.45, 7) is -0.383. The fourth-order valence-corrected chi connectivity index (χ4v) is 1.13. The fourth-order valence-electron chi connectivity index (χ4n) is 1.13. The Labute approximate surface area is 90.5 Å². The molecule has 16 heavy (non-hydrogen) atoms. The molecule has 0 aliphatic heterocycles. The molecule has 0 unspecified atom stereocenters. The third-order valence-corrected chi connectivity index (χ3v) is 2.05. The van der Waals surface area contributed by atoms with Gasteiger partial charge in [-0.1, -0.05) is 0 Å². The maximum absolute atomic E-state index is 11.3. The number of nitrogens with two attached hydrogens (primary N) is 1. The van der Waals surface area contributed by atoms with Crippen LogP contribution in [0.3, 0.4) is 0 Å². The van der Waals surface area contributed by atoms with Gasteiger partial charge in [0.2, 0.25) is 11.7 Å². The molecule has 1 saturated carbocycles. The monoisotopic (exact) mass is 225 g/mol. The van der Waals surface area contributed by atoms with E-state index in [1.807, 2.05) is 5.48 Å². The van der Waals surface area contributed by atoms with Gasteiger partial charge >= 0.3 is 5.91 Å². The van der Waals surface area contributed by atoms with Crippen LogP contribution in [-0.4, -0.2) is 33.6 Å². The van der Waals surface area contributed by atoms with E-state index in [2.05, 4.69) is 20.0 Å². The van der Waals surface area contributed by atoms with Gasteiger partial charge in [-0.3, -0.25) is 19.5 Å². The Morgan fingerprint density at radius 1 is 1.56 bits per heavy atom. The quantitative estimate of drug-likeness (QED) is 0.545.